The van der Waals surface area contributed by atoms with Crippen LogP contribution in [-0.4, -0.2) is 0 Å². The quantitative estimate of drug-likeness (QED) is 0.632. The molecule has 0 N–H and O–H groups in total. The normalized spacial score (nSPS) is 11.7. The van der Waals surface area contributed by atoms with Gasteiger partial charge in [-0.05, 0) is 48.1 Å². The van der Waals surface area contributed by atoms with Gasteiger partial charge in [-0.15, -0.1) is 0 Å². The van der Waals surface area contributed by atoms with E-state index in [-0.39, 0.29) is 0 Å². The predicted molar refractivity (Wildman–Crippen MR) is 79.2 cm³/mol. The third-order valence-corrected chi connectivity index (χ3v) is 3.60. The van der Waals surface area contributed by atoms with E-state index in [4.69, 9.17) is 0 Å². The van der Waals surface area contributed by atoms with E-state index in [0.29, 0.717) is 18.4 Å². The van der Waals surface area contributed by atoms with Crippen molar-refractivity contribution in [3.8, 4) is 0 Å². The minimum atomic E-state index is -4.64. The number of rotatable bonds is 5. The van der Waals surface area contributed by atoms with Crippen LogP contribution >= 0.6 is 0 Å². The zero-order chi connectivity index (χ0) is 16.2. The van der Waals surface area contributed by atoms with Gasteiger partial charge in [0.05, 0.1) is 5.56 Å². The second-order valence-electron chi connectivity index (χ2n) is 5.38. The van der Waals surface area contributed by atoms with E-state index in [9.17, 15) is 17.6 Å². The summed E-state index contributed by atoms with van der Waals surface area (Å²) >= 11 is 0. The highest BCUT2D eigenvalue weighted by Crippen LogP contribution is 2.31. The van der Waals surface area contributed by atoms with Crippen molar-refractivity contribution >= 4 is 0 Å². The van der Waals surface area contributed by atoms with Crippen molar-refractivity contribution in [3.05, 3.63) is 70.5 Å². The zero-order valence-electron chi connectivity index (χ0n) is 12.4. The van der Waals surface area contributed by atoms with E-state index >= 15 is 0 Å². The van der Waals surface area contributed by atoms with Gasteiger partial charge in [-0.1, -0.05) is 43.7 Å². The topological polar surface area (TPSA) is 0 Å². The van der Waals surface area contributed by atoms with Gasteiger partial charge in [0.15, 0.2) is 0 Å². The number of alkyl halides is 3. The van der Waals surface area contributed by atoms with Crippen molar-refractivity contribution in [1.82, 2.24) is 0 Å². The molecule has 2 rings (SSSR count). The smallest absolute Gasteiger partial charge is 0.206 e. The average Bonchev–Trinajstić information content (AvgIpc) is 2.45. The van der Waals surface area contributed by atoms with E-state index < -0.39 is 17.6 Å². The first-order valence-corrected chi connectivity index (χ1v) is 7.33. The number of hydrogen-bond donors (Lipinski definition) is 0. The fourth-order valence-corrected chi connectivity index (χ4v) is 2.39. The maximum atomic E-state index is 13.5. The molecule has 0 amide bonds. The van der Waals surface area contributed by atoms with Crippen LogP contribution in [0.5, 0.6) is 0 Å². The van der Waals surface area contributed by atoms with Crippen molar-refractivity contribution in [1.29, 1.82) is 0 Å². The maximum absolute atomic E-state index is 13.5. The van der Waals surface area contributed by atoms with Crippen LogP contribution in [0.25, 0.3) is 0 Å². The molecule has 22 heavy (non-hydrogen) atoms. The van der Waals surface area contributed by atoms with Gasteiger partial charge in [-0.3, -0.25) is 0 Å². The number of benzene rings is 2. The molecule has 0 atom stereocenters. The monoisotopic (exact) mass is 310 g/mol. The Hall–Kier alpha value is -1.84. The van der Waals surface area contributed by atoms with E-state index in [1.54, 1.807) is 0 Å². The molecule has 0 aliphatic carbocycles. The molecule has 0 radical (unpaired) electrons. The fourth-order valence-electron chi connectivity index (χ4n) is 2.39. The molecule has 118 valence electrons. The first-order valence-electron chi connectivity index (χ1n) is 7.33. The predicted octanol–water partition coefficient (Wildman–Crippen LogP) is 5.58. The standard InChI is InChI=1S/C18H18F4/c1-2-3-13-4-6-14(7-5-13)8-9-15-10-11-16(17(19)12-15)18(20,21)22/h4-7,10-12H,2-3,8-9H2,1H3. The minimum Gasteiger partial charge on any atom is -0.206 e. The molecule has 2 aromatic rings. The molecule has 0 heterocycles. The summed E-state index contributed by atoms with van der Waals surface area (Å²) in [5.74, 6) is -1.21. The minimum absolute atomic E-state index is 0.516. The van der Waals surface area contributed by atoms with E-state index in [2.05, 4.69) is 19.1 Å². The largest absolute Gasteiger partial charge is 0.419 e. The SMILES string of the molecule is CCCc1ccc(CCc2ccc(C(F)(F)F)c(F)c2)cc1. The molecule has 4 heteroatoms. The number of aryl methyl sites for hydroxylation is 3. The highest BCUT2D eigenvalue weighted by Gasteiger charge is 2.33. The third-order valence-electron chi connectivity index (χ3n) is 3.60. The van der Waals surface area contributed by atoms with Crippen molar-refractivity contribution in [2.75, 3.05) is 0 Å². The summed E-state index contributed by atoms with van der Waals surface area (Å²) in [5, 5.41) is 0. The maximum Gasteiger partial charge on any atom is 0.419 e. The highest BCUT2D eigenvalue weighted by atomic mass is 19.4. The summed E-state index contributed by atoms with van der Waals surface area (Å²) in [6, 6.07) is 11.3. The summed E-state index contributed by atoms with van der Waals surface area (Å²) in [6.45, 7) is 2.12. The Kier molecular flexibility index (Phi) is 5.22. The van der Waals surface area contributed by atoms with Crippen molar-refractivity contribution in [2.24, 2.45) is 0 Å². The van der Waals surface area contributed by atoms with Gasteiger partial charge < -0.3 is 0 Å². The Balaban J connectivity index is 2.01. The van der Waals surface area contributed by atoms with Crippen LogP contribution in [0.4, 0.5) is 17.6 Å². The van der Waals surface area contributed by atoms with Crippen LogP contribution < -0.4 is 0 Å². The molecule has 0 unspecified atom stereocenters. The van der Waals surface area contributed by atoms with Crippen LogP contribution in [-0.2, 0) is 25.4 Å². The Labute approximate surface area is 127 Å². The van der Waals surface area contributed by atoms with Gasteiger partial charge in [0, 0.05) is 0 Å². The molecule has 2 aromatic carbocycles. The lowest BCUT2D eigenvalue weighted by Crippen LogP contribution is -2.08. The van der Waals surface area contributed by atoms with Gasteiger partial charge in [0.1, 0.15) is 5.82 Å². The van der Waals surface area contributed by atoms with E-state index in [1.165, 1.54) is 11.6 Å². The lowest BCUT2D eigenvalue weighted by Gasteiger charge is -2.09. The lowest BCUT2D eigenvalue weighted by atomic mass is 10.0. The lowest BCUT2D eigenvalue weighted by molar-refractivity contribution is -0.140. The molecule has 0 saturated carbocycles. The second kappa shape index (κ2) is 6.95. The molecule has 0 nitrogen and oxygen atoms in total. The first-order chi connectivity index (χ1) is 10.4. The summed E-state index contributed by atoms with van der Waals surface area (Å²) < 4.78 is 51.0. The molecule has 0 spiro atoms. The van der Waals surface area contributed by atoms with Crippen LogP contribution in [0.1, 0.15) is 35.6 Å². The molecular formula is C18H18F4. The summed E-state index contributed by atoms with van der Waals surface area (Å²) in [5.41, 5.74) is 1.73. The highest BCUT2D eigenvalue weighted by molar-refractivity contribution is 5.28. The van der Waals surface area contributed by atoms with Gasteiger partial charge in [0.25, 0.3) is 0 Å². The van der Waals surface area contributed by atoms with Gasteiger partial charge >= 0.3 is 6.18 Å². The Bertz CT molecular complexity index is 612. The average molecular weight is 310 g/mol. The molecular weight excluding hydrogens is 292 g/mol. The molecule has 0 aromatic heterocycles. The summed E-state index contributed by atoms with van der Waals surface area (Å²) in [7, 11) is 0. The second-order valence-corrected chi connectivity index (χ2v) is 5.38. The van der Waals surface area contributed by atoms with E-state index in [1.807, 2.05) is 12.1 Å². The van der Waals surface area contributed by atoms with Crippen LogP contribution in [0.3, 0.4) is 0 Å². The molecule has 0 saturated heterocycles. The summed E-state index contributed by atoms with van der Waals surface area (Å²) in [4.78, 5) is 0. The summed E-state index contributed by atoms with van der Waals surface area (Å²) in [6.07, 6.45) is -1.33. The number of halogens is 4. The van der Waals surface area contributed by atoms with Crippen LogP contribution in [0.2, 0.25) is 0 Å². The van der Waals surface area contributed by atoms with Crippen molar-refractivity contribution < 1.29 is 17.6 Å². The van der Waals surface area contributed by atoms with Crippen molar-refractivity contribution in [2.45, 2.75) is 38.8 Å². The van der Waals surface area contributed by atoms with Gasteiger partial charge in [-0.25, -0.2) is 4.39 Å². The zero-order valence-corrected chi connectivity index (χ0v) is 12.4. The molecule has 0 aliphatic rings. The Morgan fingerprint density at radius 3 is 1.77 bits per heavy atom. The fraction of sp³-hybridized carbons (Fsp3) is 0.333. The molecule has 0 fully saturated rings. The number of hydrogen-bond acceptors (Lipinski definition) is 0. The molecule has 0 aliphatic heterocycles. The van der Waals surface area contributed by atoms with Gasteiger partial charge in [0.2, 0.25) is 0 Å². The van der Waals surface area contributed by atoms with Crippen LogP contribution in [0.15, 0.2) is 42.5 Å². The Morgan fingerprint density at radius 1 is 0.773 bits per heavy atom. The first kappa shape index (κ1) is 16.5. The molecule has 0 bridgehead atoms. The van der Waals surface area contributed by atoms with Crippen molar-refractivity contribution in [3.63, 3.8) is 0 Å². The third kappa shape index (κ3) is 4.33. The Morgan fingerprint density at radius 2 is 1.27 bits per heavy atom. The van der Waals surface area contributed by atoms with Gasteiger partial charge in [-0.2, -0.15) is 13.2 Å². The van der Waals surface area contributed by atoms with Crippen LogP contribution in [0, 0.1) is 5.82 Å². The van der Waals surface area contributed by atoms with E-state index in [0.717, 1.165) is 30.5 Å².